The van der Waals surface area contributed by atoms with Gasteiger partial charge in [0.15, 0.2) is 0 Å². The van der Waals surface area contributed by atoms with Gasteiger partial charge < -0.3 is 10.2 Å². The summed E-state index contributed by atoms with van der Waals surface area (Å²) in [6, 6.07) is 18.2. The van der Waals surface area contributed by atoms with Crippen molar-refractivity contribution >= 4 is 11.7 Å². The van der Waals surface area contributed by atoms with Crippen LogP contribution in [0.1, 0.15) is 32.7 Å². The Morgan fingerprint density at radius 2 is 1.85 bits per heavy atom. The normalized spacial score (nSPS) is 13.1. The topological polar surface area (TPSA) is 58.1 Å². The van der Waals surface area contributed by atoms with Crippen LogP contribution in [0, 0.1) is 6.92 Å². The van der Waals surface area contributed by atoms with Crippen LogP contribution >= 0.6 is 0 Å². The second kappa shape index (κ2) is 7.58. The Bertz CT molecular complexity index is 970. The van der Waals surface area contributed by atoms with Gasteiger partial charge in [0.2, 0.25) is 0 Å². The van der Waals surface area contributed by atoms with Crippen molar-refractivity contribution in [1.29, 1.82) is 0 Å². The molecule has 4 rings (SSSR count). The summed E-state index contributed by atoms with van der Waals surface area (Å²) in [6.07, 6.45) is 2.33. The Hall–Kier alpha value is -3.21. The van der Waals surface area contributed by atoms with Gasteiger partial charge in [-0.1, -0.05) is 48.5 Å². The highest BCUT2D eigenvalue weighted by atomic mass is 16.2. The van der Waals surface area contributed by atoms with Crippen LogP contribution in [0.2, 0.25) is 0 Å². The molecule has 0 fully saturated rings. The summed E-state index contributed by atoms with van der Waals surface area (Å²) in [4.78, 5) is 23.2. The van der Waals surface area contributed by atoms with Crippen LogP contribution in [0.15, 0.2) is 60.9 Å². The Morgan fingerprint density at radius 1 is 1.07 bits per heavy atom. The molecule has 1 amide bonds. The third-order valence-electron chi connectivity index (χ3n) is 5.03. The molecule has 0 saturated heterocycles. The van der Waals surface area contributed by atoms with Crippen LogP contribution in [0.5, 0.6) is 0 Å². The highest BCUT2D eigenvalue weighted by Crippen LogP contribution is 2.20. The first-order valence-electron chi connectivity index (χ1n) is 9.17. The van der Waals surface area contributed by atoms with Gasteiger partial charge >= 0.3 is 0 Å². The average molecular weight is 358 g/mol. The van der Waals surface area contributed by atoms with E-state index in [-0.39, 0.29) is 5.91 Å². The number of carbonyl (C=O) groups is 1. The molecule has 0 aliphatic carbocycles. The predicted octanol–water partition coefficient (Wildman–Crippen LogP) is 3.60. The fourth-order valence-electron chi connectivity index (χ4n) is 3.40. The van der Waals surface area contributed by atoms with E-state index in [4.69, 9.17) is 0 Å². The van der Waals surface area contributed by atoms with Gasteiger partial charge in [0, 0.05) is 25.7 Å². The molecule has 136 valence electrons. The van der Waals surface area contributed by atoms with E-state index in [2.05, 4.69) is 46.5 Å². The number of carbonyl (C=O) groups excluding carboxylic acids is 1. The first kappa shape index (κ1) is 17.2. The lowest BCUT2D eigenvalue weighted by Crippen LogP contribution is -2.36. The van der Waals surface area contributed by atoms with Gasteiger partial charge in [-0.2, -0.15) is 0 Å². The monoisotopic (exact) mass is 358 g/mol. The van der Waals surface area contributed by atoms with Gasteiger partial charge in [-0.15, -0.1) is 0 Å². The number of hydrogen-bond donors (Lipinski definition) is 1. The number of hydrogen-bond acceptors (Lipinski definition) is 4. The summed E-state index contributed by atoms with van der Waals surface area (Å²) in [7, 11) is 0. The van der Waals surface area contributed by atoms with E-state index >= 15 is 0 Å². The first-order valence-corrected chi connectivity index (χ1v) is 9.17. The van der Waals surface area contributed by atoms with E-state index in [1.165, 1.54) is 28.6 Å². The number of nitrogens with one attached hydrogen (secondary N) is 1. The fraction of sp³-hybridized carbons (Fsp3) is 0.227. The molecule has 0 bridgehead atoms. The third kappa shape index (κ3) is 3.82. The molecule has 1 aliphatic heterocycles. The highest BCUT2D eigenvalue weighted by Gasteiger charge is 2.22. The van der Waals surface area contributed by atoms with Crippen molar-refractivity contribution in [2.24, 2.45) is 0 Å². The van der Waals surface area contributed by atoms with E-state index in [9.17, 15) is 4.79 Å². The van der Waals surface area contributed by atoms with Crippen molar-refractivity contribution in [1.82, 2.24) is 14.9 Å². The van der Waals surface area contributed by atoms with Gasteiger partial charge in [-0.05, 0) is 35.6 Å². The number of nitrogens with zero attached hydrogens (tertiary/aromatic N) is 3. The van der Waals surface area contributed by atoms with Gasteiger partial charge in [0.1, 0.15) is 17.8 Å². The second-order valence-electron chi connectivity index (χ2n) is 6.81. The second-order valence-corrected chi connectivity index (χ2v) is 6.81. The van der Waals surface area contributed by atoms with E-state index < -0.39 is 0 Å². The predicted molar refractivity (Wildman–Crippen MR) is 105 cm³/mol. The number of amides is 1. The third-order valence-corrected chi connectivity index (χ3v) is 5.03. The molecule has 5 nitrogen and oxygen atoms in total. The van der Waals surface area contributed by atoms with Crippen LogP contribution in [0.4, 0.5) is 5.82 Å². The Balaban J connectivity index is 1.46. The van der Waals surface area contributed by atoms with E-state index in [1.807, 2.05) is 29.2 Å². The molecular weight excluding hydrogens is 336 g/mol. The minimum absolute atomic E-state index is 0.0501. The van der Waals surface area contributed by atoms with E-state index in [1.54, 1.807) is 6.07 Å². The molecule has 27 heavy (non-hydrogen) atoms. The van der Waals surface area contributed by atoms with Gasteiger partial charge in [-0.3, -0.25) is 4.79 Å². The first-order chi connectivity index (χ1) is 13.2. The van der Waals surface area contributed by atoms with Crippen LogP contribution in [-0.4, -0.2) is 27.3 Å². The Kier molecular flexibility index (Phi) is 4.83. The zero-order chi connectivity index (χ0) is 18.6. The molecule has 3 aromatic rings. The molecular formula is C22H22N4O. The van der Waals surface area contributed by atoms with E-state index in [0.29, 0.717) is 31.1 Å². The molecule has 0 radical (unpaired) electrons. The maximum Gasteiger partial charge on any atom is 0.272 e. The number of aryl methyl sites for hydroxylation is 1. The molecule has 0 unspecified atom stereocenters. The summed E-state index contributed by atoms with van der Waals surface area (Å²) >= 11 is 0. The SMILES string of the molecule is Cc1ccccc1CNc1cc(C(=O)N2CCc3ccccc3C2)ncn1. The number of anilines is 1. The molecule has 0 spiro atoms. The smallest absolute Gasteiger partial charge is 0.272 e. The molecule has 2 aromatic carbocycles. The summed E-state index contributed by atoms with van der Waals surface area (Å²) in [6.45, 7) is 4.09. The lowest BCUT2D eigenvalue weighted by atomic mass is 10.00. The summed E-state index contributed by atoms with van der Waals surface area (Å²) < 4.78 is 0. The standard InChI is InChI=1S/C22H22N4O/c1-16-6-2-3-8-18(16)13-23-21-12-20(24-15-25-21)22(27)26-11-10-17-7-4-5-9-19(17)14-26/h2-9,12,15H,10-11,13-14H2,1H3,(H,23,24,25). The number of benzene rings is 2. The summed E-state index contributed by atoms with van der Waals surface area (Å²) in [5, 5.41) is 3.29. The van der Waals surface area contributed by atoms with Crippen molar-refractivity contribution in [3.63, 3.8) is 0 Å². The molecule has 0 atom stereocenters. The quantitative estimate of drug-likeness (QED) is 0.774. The number of fused-ring (bicyclic) bond motifs is 1. The number of rotatable bonds is 4. The lowest BCUT2D eigenvalue weighted by molar-refractivity contribution is 0.0728. The summed E-state index contributed by atoms with van der Waals surface area (Å²) in [5.74, 6) is 0.611. The molecule has 5 heteroatoms. The Morgan fingerprint density at radius 3 is 2.70 bits per heavy atom. The average Bonchev–Trinajstić information content (AvgIpc) is 2.72. The maximum absolute atomic E-state index is 12.9. The molecule has 2 heterocycles. The van der Waals surface area contributed by atoms with Crippen LogP contribution < -0.4 is 5.32 Å². The van der Waals surface area contributed by atoms with Crippen molar-refractivity contribution in [3.05, 3.63) is 88.9 Å². The van der Waals surface area contributed by atoms with Gasteiger partial charge in [0.05, 0.1) is 0 Å². The lowest BCUT2D eigenvalue weighted by Gasteiger charge is -2.28. The van der Waals surface area contributed by atoms with Gasteiger partial charge in [-0.25, -0.2) is 9.97 Å². The zero-order valence-electron chi connectivity index (χ0n) is 15.4. The maximum atomic E-state index is 12.9. The van der Waals surface area contributed by atoms with Crippen molar-refractivity contribution in [2.75, 3.05) is 11.9 Å². The van der Waals surface area contributed by atoms with Crippen LogP contribution in [-0.2, 0) is 19.5 Å². The largest absolute Gasteiger partial charge is 0.366 e. The molecule has 0 saturated carbocycles. The molecule has 1 N–H and O–H groups in total. The summed E-state index contributed by atoms with van der Waals surface area (Å²) in [5.41, 5.74) is 5.39. The van der Waals surface area contributed by atoms with Crippen molar-refractivity contribution in [3.8, 4) is 0 Å². The van der Waals surface area contributed by atoms with E-state index in [0.717, 1.165) is 6.42 Å². The van der Waals surface area contributed by atoms with Crippen LogP contribution in [0.3, 0.4) is 0 Å². The highest BCUT2D eigenvalue weighted by molar-refractivity contribution is 5.93. The minimum Gasteiger partial charge on any atom is -0.366 e. The van der Waals surface area contributed by atoms with Crippen molar-refractivity contribution < 1.29 is 4.79 Å². The van der Waals surface area contributed by atoms with Crippen LogP contribution in [0.25, 0.3) is 0 Å². The number of aromatic nitrogens is 2. The van der Waals surface area contributed by atoms with Gasteiger partial charge in [0.25, 0.3) is 5.91 Å². The minimum atomic E-state index is -0.0501. The van der Waals surface area contributed by atoms with Crippen molar-refractivity contribution in [2.45, 2.75) is 26.4 Å². The Labute approximate surface area is 159 Å². The molecule has 1 aliphatic rings. The zero-order valence-corrected chi connectivity index (χ0v) is 15.4. The fourth-order valence-corrected chi connectivity index (χ4v) is 3.40. The molecule has 1 aromatic heterocycles.